The molecule has 1 saturated carbocycles. The zero-order chi connectivity index (χ0) is 14.4. The number of carbonyl (C=O) groups is 1. The fourth-order valence-corrected chi connectivity index (χ4v) is 1.99. The monoisotopic (exact) mass is 314 g/mol. The standard InChI is InChI=1S/C15H22N2O3.ClH/c1-19-13-5-6-14(20-2)12(7-13)9-17-15(18)10-16-8-11-3-4-11;/h5-7,11,16H,3-4,8-10H2,1-2H3,(H,17,18);1H. The summed E-state index contributed by atoms with van der Waals surface area (Å²) in [7, 11) is 3.23. The maximum atomic E-state index is 11.7. The normalized spacial score (nSPS) is 13.2. The molecule has 1 fully saturated rings. The summed E-state index contributed by atoms with van der Waals surface area (Å²) in [5, 5.41) is 6.05. The van der Waals surface area contributed by atoms with E-state index in [2.05, 4.69) is 10.6 Å². The Morgan fingerprint density at radius 3 is 2.67 bits per heavy atom. The third kappa shape index (κ3) is 5.81. The van der Waals surface area contributed by atoms with Crippen molar-refractivity contribution in [3.63, 3.8) is 0 Å². The van der Waals surface area contributed by atoms with E-state index in [0.717, 1.165) is 29.5 Å². The second-order valence-electron chi connectivity index (χ2n) is 5.03. The fourth-order valence-electron chi connectivity index (χ4n) is 1.99. The van der Waals surface area contributed by atoms with Crippen LogP contribution in [0.25, 0.3) is 0 Å². The largest absolute Gasteiger partial charge is 0.497 e. The van der Waals surface area contributed by atoms with Crippen molar-refractivity contribution in [3.8, 4) is 11.5 Å². The van der Waals surface area contributed by atoms with Crippen molar-refractivity contribution in [1.82, 2.24) is 10.6 Å². The van der Waals surface area contributed by atoms with Gasteiger partial charge in [0.05, 0.1) is 20.8 Å². The highest BCUT2D eigenvalue weighted by atomic mass is 35.5. The van der Waals surface area contributed by atoms with Gasteiger partial charge in [-0.25, -0.2) is 0 Å². The number of carbonyl (C=O) groups excluding carboxylic acids is 1. The van der Waals surface area contributed by atoms with Crippen LogP contribution in [0, 0.1) is 5.92 Å². The average molecular weight is 315 g/mol. The molecule has 1 aromatic carbocycles. The molecule has 6 heteroatoms. The number of nitrogens with one attached hydrogen (secondary N) is 2. The number of hydrogen-bond donors (Lipinski definition) is 2. The molecule has 0 unspecified atom stereocenters. The van der Waals surface area contributed by atoms with Crippen LogP contribution >= 0.6 is 12.4 Å². The highest BCUT2D eigenvalue weighted by Crippen LogP contribution is 2.27. The molecule has 118 valence electrons. The number of ether oxygens (including phenoxy) is 2. The van der Waals surface area contributed by atoms with E-state index in [0.29, 0.717) is 13.1 Å². The third-order valence-corrected chi connectivity index (χ3v) is 3.38. The van der Waals surface area contributed by atoms with Crippen LogP contribution in [-0.4, -0.2) is 33.2 Å². The number of methoxy groups -OCH3 is 2. The Bertz CT molecular complexity index is 464. The van der Waals surface area contributed by atoms with Crippen molar-refractivity contribution >= 4 is 18.3 Å². The minimum absolute atomic E-state index is 0. The van der Waals surface area contributed by atoms with Crippen molar-refractivity contribution in [2.45, 2.75) is 19.4 Å². The molecule has 1 aliphatic carbocycles. The summed E-state index contributed by atoms with van der Waals surface area (Å²) in [5.74, 6) is 2.27. The summed E-state index contributed by atoms with van der Waals surface area (Å²) in [6.07, 6.45) is 2.57. The van der Waals surface area contributed by atoms with Gasteiger partial charge >= 0.3 is 0 Å². The van der Waals surface area contributed by atoms with E-state index in [1.807, 2.05) is 18.2 Å². The van der Waals surface area contributed by atoms with E-state index in [4.69, 9.17) is 9.47 Å². The summed E-state index contributed by atoms with van der Waals surface area (Å²) in [5.41, 5.74) is 0.905. The highest BCUT2D eigenvalue weighted by Gasteiger charge is 2.20. The molecule has 0 radical (unpaired) electrons. The fraction of sp³-hybridized carbons (Fsp3) is 0.533. The smallest absolute Gasteiger partial charge is 0.234 e. The summed E-state index contributed by atoms with van der Waals surface area (Å²) in [6, 6.07) is 5.55. The second-order valence-corrected chi connectivity index (χ2v) is 5.03. The molecule has 2 rings (SSSR count). The number of amides is 1. The third-order valence-electron chi connectivity index (χ3n) is 3.38. The first-order valence-corrected chi connectivity index (χ1v) is 6.91. The van der Waals surface area contributed by atoms with Crippen molar-refractivity contribution in [2.24, 2.45) is 5.92 Å². The van der Waals surface area contributed by atoms with Gasteiger partial charge in [-0.3, -0.25) is 4.79 Å². The molecular formula is C15H23ClN2O3. The van der Waals surface area contributed by atoms with Gasteiger partial charge in [-0.2, -0.15) is 0 Å². The molecule has 5 nitrogen and oxygen atoms in total. The SMILES string of the molecule is COc1ccc(OC)c(CNC(=O)CNCC2CC2)c1.Cl. The van der Waals surface area contributed by atoms with Crippen LogP contribution < -0.4 is 20.1 Å². The van der Waals surface area contributed by atoms with E-state index in [1.54, 1.807) is 14.2 Å². The molecule has 0 heterocycles. The van der Waals surface area contributed by atoms with E-state index >= 15 is 0 Å². The minimum atomic E-state index is -0.00415. The van der Waals surface area contributed by atoms with Gasteiger partial charge in [0.2, 0.25) is 5.91 Å². The summed E-state index contributed by atoms with van der Waals surface area (Å²) >= 11 is 0. The Kier molecular flexibility index (Phi) is 7.32. The van der Waals surface area contributed by atoms with Crippen molar-refractivity contribution in [2.75, 3.05) is 27.3 Å². The molecule has 0 spiro atoms. The van der Waals surface area contributed by atoms with Gasteiger partial charge in [-0.05, 0) is 43.5 Å². The van der Waals surface area contributed by atoms with Crippen molar-refractivity contribution < 1.29 is 14.3 Å². The molecule has 1 aromatic rings. The highest BCUT2D eigenvalue weighted by molar-refractivity contribution is 5.85. The Morgan fingerprint density at radius 2 is 2.05 bits per heavy atom. The maximum absolute atomic E-state index is 11.7. The molecule has 21 heavy (non-hydrogen) atoms. The van der Waals surface area contributed by atoms with Gasteiger partial charge < -0.3 is 20.1 Å². The summed E-state index contributed by atoms with van der Waals surface area (Å²) in [6.45, 7) is 1.74. The number of benzene rings is 1. The van der Waals surface area contributed by atoms with Gasteiger partial charge in [0.15, 0.2) is 0 Å². The topological polar surface area (TPSA) is 59.6 Å². The summed E-state index contributed by atoms with van der Waals surface area (Å²) in [4.78, 5) is 11.7. The summed E-state index contributed by atoms with van der Waals surface area (Å²) < 4.78 is 10.5. The van der Waals surface area contributed by atoms with Gasteiger partial charge in [0.1, 0.15) is 11.5 Å². The number of rotatable bonds is 8. The lowest BCUT2D eigenvalue weighted by Crippen LogP contribution is -2.34. The average Bonchev–Trinajstić information content (AvgIpc) is 3.29. The Labute approximate surface area is 131 Å². The zero-order valence-electron chi connectivity index (χ0n) is 12.5. The van der Waals surface area contributed by atoms with Crippen LogP contribution in [0.2, 0.25) is 0 Å². The van der Waals surface area contributed by atoms with Crippen LogP contribution in [0.1, 0.15) is 18.4 Å². The van der Waals surface area contributed by atoms with Crippen LogP contribution in [0.15, 0.2) is 18.2 Å². The molecule has 0 aliphatic heterocycles. The van der Waals surface area contributed by atoms with Crippen LogP contribution in [0.3, 0.4) is 0 Å². The van der Waals surface area contributed by atoms with Crippen LogP contribution in [0.5, 0.6) is 11.5 Å². The predicted octanol–water partition coefficient (Wildman–Crippen LogP) is 1.74. The number of hydrogen-bond acceptors (Lipinski definition) is 4. The van der Waals surface area contributed by atoms with Gasteiger partial charge in [-0.1, -0.05) is 0 Å². The molecule has 0 saturated heterocycles. The molecule has 1 amide bonds. The molecule has 1 aliphatic rings. The van der Waals surface area contributed by atoms with Gasteiger partial charge in [0, 0.05) is 12.1 Å². The molecule has 0 bridgehead atoms. The molecule has 0 aromatic heterocycles. The van der Waals surface area contributed by atoms with E-state index in [-0.39, 0.29) is 18.3 Å². The lowest BCUT2D eigenvalue weighted by atomic mass is 10.2. The first kappa shape index (κ1) is 17.6. The minimum Gasteiger partial charge on any atom is -0.497 e. The Balaban J connectivity index is 0.00000220. The Morgan fingerprint density at radius 1 is 1.29 bits per heavy atom. The van der Waals surface area contributed by atoms with Crippen LogP contribution in [-0.2, 0) is 11.3 Å². The lowest BCUT2D eigenvalue weighted by Gasteiger charge is -2.11. The quantitative estimate of drug-likeness (QED) is 0.767. The van der Waals surface area contributed by atoms with E-state index in [9.17, 15) is 4.79 Å². The van der Waals surface area contributed by atoms with Gasteiger partial charge in [0.25, 0.3) is 0 Å². The Hall–Kier alpha value is -1.46. The first-order valence-electron chi connectivity index (χ1n) is 6.91. The van der Waals surface area contributed by atoms with Crippen molar-refractivity contribution in [1.29, 1.82) is 0 Å². The first-order chi connectivity index (χ1) is 9.72. The predicted molar refractivity (Wildman–Crippen MR) is 84.2 cm³/mol. The van der Waals surface area contributed by atoms with E-state index in [1.165, 1.54) is 12.8 Å². The maximum Gasteiger partial charge on any atom is 0.234 e. The molecule has 0 atom stereocenters. The van der Waals surface area contributed by atoms with E-state index < -0.39 is 0 Å². The zero-order valence-corrected chi connectivity index (χ0v) is 13.3. The van der Waals surface area contributed by atoms with Gasteiger partial charge in [-0.15, -0.1) is 12.4 Å². The number of halogens is 1. The lowest BCUT2D eigenvalue weighted by molar-refractivity contribution is -0.120. The van der Waals surface area contributed by atoms with Crippen LogP contribution in [0.4, 0.5) is 0 Å². The molecular weight excluding hydrogens is 292 g/mol. The molecule has 2 N–H and O–H groups in total. The van der Waals surface area contributed by atoms with Crippen molar-refractivity contribution in [3.05, 3.63) is 23.8 Å². The second kappa shape index (κ2) is 8.74.